The molecule has 6 heteroatoms. The van der Waals surface area contributed by atoms with Crippen molar-refractivity contribution in [3.05, 3.63) is 21.6 Å². The van der Waals surface area contributed by atoms with Crippen molar-refractivity contribution in [2.75, 3.05) is 31.1 Å². The van der Waals surface area contributed by atoms with E-state index < -0.39 is 0 Å². The van der Waals surface area contributed by atoms with E-state index in [0.29, 0.717) is 17.5 Å². The van der Waals surface area contributed by atoms with Crippen molar-refractivity contribution in [2.24, 2.45) is 5.92 Å². The molecule has 0 saturated carbocycles. The fourth-order valence-electron chi connectivity index (χ4n) is 2.86. The fourth-order valence-corrected chi connectivity index (χ4v) is 3.12. The zero-order chi connectivity index (χ0) is 15.2. The summed E-state index contributed by atoms with van der Waals surface area (Å²) in [4.78, 5) is 14.4. The quantitative estimate of drug-likeness (QED) is 0.874. The van der Waals surface area contributed by atoms with Crippen LogP contribution in [0.1, 0.15) is 33.1 Å². The van der Waals surface area contributed by atoms with Crippen molar-refractivity contribution >= 4 is 17.3 Å². The highest BCUT2D eigenvalue weighted by Crippen LogP contribution is 2.24. The molecule has 118 valence electrons. The van der Waals surface area contributed by atoms with Crippen molar-refractivity contribution in [1.82, 2.24) is 15.1 Å². The van der Waals surface area contributed by atoms with Gasteiger partial charge >= 0.3 is 0 Å². The Bertz CT molecular complexity index is 511. The second-order valence-electron chi connectivity index (χ2n) is 5.60. The van der Waals surface area contributed by atoms with E-state index in [1.54, 1.807) is 6.20 Å². The van der Waals surface area contributed by atoms with Gasteiger partial charge in [0.05, 0.1) is 11.9 Å². The molecule has 0 atom stereocenters. The maximum Gasteiger partial charge on any atom is 0.287 e. The molecule has 1 aromatic heterocycles. The normalized spacial score (nSPS) is 16.1. The lowest BCUT2D eigenvalue weighted by Crippen LogP contribution is -2.37. The van der Waals surface area contributed by atoms with Crippen LogP contribution in [0.2, 0.25) is 5.02 Å². The molecule has 0 bridgehead atoms. The molecule has 1 fully saturated rings. The Labute approximate surface area is 131 Å². The number of nitrogens with zero attached hydrogens (tertiary/aromatic N) is 3. The first-order chi connectivity index (χ1) is 10.2. The molecule has 2 heterocycles. The predicted octanol–water partition coefficient (Wildman–Crippen LogP) is 2.13. The van der Waals surface area contributed by atoms with E-state index in [0.717, 1.165) is 38.3 Å². The minimum Gasteiger partial charge on any atom is -0.369 e. The Morgan fingerprint density at radius 2 is 2.14 bits per heavy atom. The van der Waals surface area contributed by atoms with Crippen LogP contribution in [-0.4, -0.2) is 36.0 Å². The number of halogens is 1. The Morgan fingerprint density at radius 1 is 1.43 bits per heavy atom. The van der Waals surface area contributed by atoms with E-state index in [4.69, 9.17) is 11.6 Å². The van der Waals surface area contributed by atoms with Gasteiger partial charge in [-0.05, 0) is 45.2 Å². The summed E-state index contributed by atoms with van der Waals surface area (Å²) >= 11 is 6.30. The molecular formula is C15H25ClN4O. The topological polar surface area (TPSA) is 50.2 Å². The largest absolute Gasteiger partial charge is 0.369 e. The van der Waals surface area contributed by atoms with Crippen LogP contribution in [0.5, 0.6) is 0 Å². The highest BCUT2D eigenvalue weighted by Gasteiger charge is 2.20. The summed E-state index contributed by atoms with van der Waals surface area (Å²) in [6, 6.07) is 0. The molecule has 1 aliphatic rings. The average molecular weight is 313 g/mol. The SMILES string of the molecule is CCCN(CC1CCNCC1)c1cnn(CC)c(=O)c1Cl. The third kappa shape index (κ3) is 3.98. The summed E-state index contributed by atoms with van der Waals surface area (Å²) in [5.41, 5.74) is 0.592. The van der Waals surface area contributed by atoms with Crippen LogP contribution < -0.4 is 15.8 Å². The smallest absolute Gasteiger partial charge is 0.287 e. The minimum absolute atomic E-state index is 0.192. The zero-order valence-corrected chi connectivity index (χ0v) is 13.7. The molecule has 0 aromatic carbocycles. The van der Waals surface area contributed by atoms with E-state index in [9.17, 15) is 4.79 Å². The minimum atomic E-state index is -0.192. The Hall–Kier alpha value is -1.07. The number of anilines is 1. The molecular weight excluding hydrogens is 288 g/mol. The summed E-state index contributed by atoms with van der Waals surface area (Å²) in [7, 11) is 0. The van der Waals surface area contributed by atoms with Gasteiger partial charge in [-0.2, -0.15) is 5.10 Å². The van der Waals surface area contributed by atoms with Crippen LogP contribution >= 0.6 is 11.6 Å². The van der Waals surface area contributed by atoms with Crippen LogP contribution in [0, 0.1) is 5.92 Å². The fraction of sp³-hybridized carbons (Fsp3) is 0.733. The van der Waals surface area contributed by atoms with Crippen molar-refractivity contribution in [3.8, 4) is 0 Å². The van der Waals surface area contributed by atoms with Gasteiger partial charge < -0.3 is 10.2 Å². The van der Waals surface area contributed by atoms with Gasteiger partial charge in [0.15, 0.2) is 0 Å². The second-order valence-corrected chi connectivity index (χ2v) is 5.98. The highest BCUT2D eigenvalue weighted by atomic mass is 35.5. The second kappa shape index (κ2) is 7.80. The number of nitrogens with one attached hydrogen (secondary N) is 1. The Balaban J connectivity index is 2.21. The van der Waals surface area contributed by atoms with E-state index in [1.807, 2.05) is 6.92 Å². The van der Waals surface area contributed by atoms with Gasteiger partial charge in [0.2, 0.25) is 0 Å². The maximum absolute atomic E-state index is 12.2. The van der Waals surface area contributed by atoms with Gasteiger partial charge in [-0.25, -0.2) is 4.68 Å². The summed E-state index contributed by atoms with van der Waals surface area (Å²) in [6.45, 7) is 8.59. The molecule has 0 unspecified atom stereocenters. The van der Waals surface area contributed by atoms with E-state index in [2.05, 4.69) is 22.2 Å². The maximum atomic E-state index is 12.2. The van der Waals surface area contributed by atoms with Gasteiger partial charge in [0, 0.05) is 19.6 Å². The third-order valence-electron chi connectivity index (χ3n) is 4.04. The van der Waals surface area contributed by atoms with Gasteiger partial charge in [0.25, 0.3) is 5.56 Å². The van der Waals surface area contributed by atoms with Crippen LogP contribution in [0.4, 0.5) is 5.69 Å². The standard InChI is InChI=1S/C15H25ClN4O/c1-3-9-19(11-12-5-7-17-8-6-12)13-10-18-20(4-2)15(21)14(13)16/h10,12,17H,3-9,11H2,1-2H3. The molecule has 2 rings (SSSR count). The first kappa shape index (κ1) is 16.3. The lowest BCUT2D eigenvalue weighted by molar-refractivity contribution is 0.373. The van der Waals surface area contributed by atoms with E-state index in [1.165, 1.54) is 17.5 Å². The van der Waals surface area contributed by atoms with Gasteiger partial charge in [0.1, 0.15) is 5.02 Å². The first-order valence-corrected chi connectivity index (χ1v) is 8.26. The number of hydrogen-bond acceptors (Lipinski definition) is 4. The summed E-state index contributed by atoms with van der Waals surface area (Å²) in [5.74, 6) is 0.655. The van der Waals surface area contributed by atoms with Crippen LogP contribution in [0.25, 0.3) is 0 Å². The Morgan fingerprint density at radius 3 is 2.76 bits per heavy atom. The molecule has 0 spiro atoms. The van der Waals surface area contributed by atoms with Crippen LogP contribution in [-0.2, 0) is 6.54 Å². The van der Waals surface area contributed by atoms with E-state index >= 15 is 0 Å². The molecule has 5 nitrogen and oxygen atoms in total. The molecule has 1 aromatic rings. The lowest BCUT2D eigenvalue weighted by atomic mass is 9.97. The van der Waals surface area contributed by atoms with Gasteiger partial charge in [-0.3, -0.25) is 4.79 Å². The zero-order valence-electron chi connectivity index (χ0n) is 12.9. The summed E-state index contributed by atoms with van der Waals surface area (Å²) < 4.78 is 1.40. The predicted molar refractivity (Wildman–Crippen MR) is 87.3 cm³/mol. The molecule has 1 N–H and O–H groups in total. The number of rotatable bonds is 6. The molecule has 0 aliphatic carbocycles. The molecule has 0 amide bonds. The third-order valence-corrected chi connectivity index (χ3v) is 4.39. The van der Waals surface area contributed by atoms with Crippen molar-refractivity contribution in [1.29, 1.82) is 0 Å². The van der Waals surface area contributed by atoms with Crippen LogP contribution in [0.15, 0.2) is 11.0 Å². The first-order valence-electron chi connectivity index (χ1n) is 7.88. The monoisotopic (exact) mass is 312 g/mol. The lowest BCUT2D eigenvalue weighted by Gasteiger charge is -2.31. The number of aromatic nitrogens is 2. The molecule has 0 radical (unpaired) electrons. The summed E-state index contributed by atoms with van der Waals surface area (Å²) in [6.07, 6.45) is 5.12. The number of piperidine rings is 1. The van der Waals surface area contributed by atoms with Gasteiger partial charge in [-0.1, -0.05) is 18.5 Å². The highest BCUT2D eigenvalue weighted by molar-refractivity contribution is 6.33. The number of hydrogen-bond donors (Lipinski definition) is 1. The molecule has 1 aliphatic heterocycles. The van der Waals surface area contributed by atoms with Gasteiger partial charge in [-0.15, -0.1) is 0 Å². The van der Waals surface area contributed by atoms with Crippen molar-refractivity contribution in [2.45, 2.75) is 39.7 Å². The molecule has 1 saturated heterocycles. The molecule has 21 heavy (non-hydrogen) atoms. The van der Waals surface area contributed by atoms with Crippen molar-refractivity contribution in [3.63, 3.8) is 0 Å². The average Bonchev–Trinajstić information content (AvgIpc) is 2.51. The number of aryl methyl sites for hydroxylation is 1. The summed E-state index contributed by atoms with van der Waals surface area (Å²) in [5, 5.41) is 7.90. The van der Waals surface area contributed by atoms with Crippen molar-refractivity contribution < 1.29 is 0 Å². The Kier molecular flexibility index (Phi) is 6.06. The van der Waals surface area contributed by atoms with E-state index in [-0.39, 0.29) is 5.56 Å². The van der Waals surface area contributed by atoms with Crippen LogP contribution in [0.3, 0.4) is 0 Å².